The van der Waals surface area contributed by atoms with Crippen molar-refractivity contribution in [2.24, 2.45) is 0 Å². The van der Waals surface area contributed by atoms with Gasteiger partial charge in [-0.05, 0) is 82.8 Å². The number of nitrogens with zero attached hydrogens (tertiary/aromatic N) is 2. The van der Waals surface area contributed by atoms with Gasteiger partial charge in [-0.25, -0.2) is 0 Å². The fraction of sp³-hybridized carbons (Fsp3) is 0.667. The molecular weight excluding hydrogens is 328 g/mol. The SMILES string of the molecule is CN(CC(=O)O)C1CCCN(Cc2cccc(OC3CCCC3)c2)CC1. The van der Waals surface area contributed by atoms with E-state index in [1.165, 1.54) is 31.2 Å². The predicted molar refractivity (Wildman–Crippen MR) is 103 cm³/mol. The highest BCUT2D eigenvalue weighted by Gasteiger charge is 2.22. The molecule has 1 heterocycles. The molecule has 0 aromatic heterocycles. The molecule has 1 unspecified atom stereocenters. The number of likely N-dealkylation sites (tertiary alicyclic amines) is 1. The number of hydrogen-bond acceptors (Lipinski definition) is 4. The Hall–Kier alpha value is -1.59. The number of aliphatic carboxylic acids is 1. The van der Waals surface area contributed by atoms with Gasteiger partial charge in [0, 0.05) is 12.6 Å². The summed E-state index contributed by atoms with van der Waals surface area (Å²) >= 11 is 0. The Labute approximate surface area is 156 Å². The molecule has 1 aromatic rings. The molecule has 1 aromatic carbocycles. The first-order valence-electron chi connectivity index (χ1n) is 10.00. The third kappa shape index (κ3) is 5.71. The van der Waals surface area contributed by atoms with E-state index < -0.39 is 5.97 Å². The van der Waals surface area contributed by atoms with E-state index in [1.54, 1.807) is 0 Å². The molecule has 1 aliphatic heterocycles. The summed E-state index contributed by atoms with van der Waals surface area (Å²) in [5.74, 6) is 0.260. The molecule has 2 fully saturated rings. The van der Waals surface area contributed by atoms with Crippen molar-refractivity contribution in [2.75, 3.05) is 26.7 Å². The van der Waals surface area contributed by atoms with Gasteiger partial charge in [0.15, 0.2) is 0 Å². The lowest BCUT2D eigenvalue weighted by Gasteiger charge is -2.25. The van der Waals surface area contributed by atoms with Crippen LogP contribution in [0.3, 0.4) is 0 Å². The highest BCUT2D eigenvalue weighted by molar-refractivity contribution is 5.69. The number of carboxylic acids is 1. The van der Waals surface area contributed by atoms with Gasteiger partial charge in [0.2, 0.25) is 0 Å². The van der Waals surface area contributed by atoms with Crippen LogP contribution in [0.2, 0.25) is 0 Å². The van der Waals surface area contributed by atoms with Crippen molar-refractivity contribution in [2.45, 2.75) is 63.6 Å². The van der Waals surface area contributed by atoms with Gasteiger partial charge in [0.1, 0.15) is 5.75 Å². The summed E-state index contributed by atoms with van der Waals surface area (Å²) in [6.45, 7) is 3.16. The van der Waals surface area contributed by atoms with Crippen LogP contribution in [0.5, 0.6) is 5.75 Å². The van der Waals surface area contributed by atoms with Crippen LogP contribution >= 0.6 is 0 Å². The largest absolute Gasteiger partial charge is 0.490 e. The molecule has 0 spiro atoms. The lowest BCUT2D eigenvalue weighted by atomic mass is 10.1. The Morgan fingerprint density at radius 2 is 2.00 bits per heavy atom. The van der Waals surface area contributed by atoms with E-state index in [9.17, 15) is 4.79 Å². The summed E-state index contributed by atoms with van der Waals surface area (Å²) in [4.78, 5) is 15.4. The highest BCUT2D eigenvalue weighted by atomic mass is 16.5. The quantitative estimate of drug-likeness (QED) is 0.808. The van der Waals surface area contributed by atoms with Gasteiger partial charge in [-0.1, -0.05) is 12.1 Å². The second-order valence-electron chi connectivity index (χ2n) is 7.84. The lowest BCUT2D eigenvalue weighted by molar-refractivity contribution is -0.138. The van der Waals surface area contributed by atoms with E-state index in [2.05, 4.69) is 29.2 Å². The molecule has 1 N–H and O–H groups in total. The minimum atomic E-state index is -0.743. The summed E-state index contributed by atoms with van der Waals surface area (Å²) in [7, 11) is 1.93. The van der Waals surface area contributed by atoms with E-state index in [1.807, 2.05) is 11.9 Å². The van der Waals surface area contributed by atoms with Crippen molar-refractivity contribution in [1.29, 1.82) is 0 Å². The number of benzene rings is 1. The molecule has 1 atom stereocenters. The van der Waals surface area contributed by atoms with E-state index in [-0.39, 0.29) is 6.54 Å². The minimum absolute atomic E-state index is 0.130. The van der Waals surface area contributed by atoms with Crippen LogP contribution < -0.4 is 4.74 Å². The average Bonchev–Trinajstić information content (AvgIpc) is 2.99. The highest BCUT2D eigenvalue weighted by Crippen LogP contribution is 2.25. The van der Waals surface area contributed by atoms with E-state index in [0.29, 0.717) is 12.1 Å². The van der Waals surface area contributed by atoms with Crippen molar-refractivity contribution < 1.29 is 14.6 Å². The zero-order valence-electron chi connectivity index (χ0n) is 15.9. The predicted octanol–water partition coefficient (Wildman–Crippen LogP) is 3.38. The second-order valence-corrected chi connectivity index (χ2v) is 7.84. The minimum Gasteiger partial charge on any atom is -0.490 e. The maximum absolute atomic E-state index is 10.9. The molecule has 5 nitrogen and oxygen atoms in total. The zero-order chi connectivity index (χ0) is 18.4. The number of ether oxygens (including phenoxy) is 1. The number of rotatable bonds is 7. The van der Waals surface area contributed by atoms with Crippen LogP contribution in [0, 0.1) is 0 Å². The van der Waals surface area contributed by atoms with Gasteiger partial charge < -0.3 is 9.84 Å². The smallest absolute Gasteiger partial charge is 0.317 e. The van der Waals surface area contributed by atoms with E-state index in [0.717, 1.165) is 44.6 Å². The first-order chi connectivity index (χ1) is 12.6. The third-order valence-corrected chi connectivity index (χ3v) is 5.71. The van der Waals surface area contributed by atoms with Crippen molar-refractivity contribution in [3.63, 3.8) is 0 Å². The van der Waals surface area contributed by atoms with Crippen LogP contribution in [-0.4, -0.2) is 59.7 Å². The Kier molecular flexibility index (Phi) is 6.92. The molecule has 0 radical (unpaired) electrons. The van der Waals surface area contributed by atoms with E-state index >= 15 is 0 Å². The van der Waals surface area contributed by atoms with Crippen LogP contribution in [-0.2, 0) is 11.3 Å². The zero-order valence-corrected chi connectivity index (χ0v) is 15.9. The molecule has 1 saturated carbocycles. The second kappa shape index (κ2) is 9.38. The number of likely N-dealkylation sites (N-methyl/N-ethyl adjacent to an activating group) is 1. The van der Waals surface area contributed by atoms with Gasteiger partial charge in [-0.15, -0.1) is 0 Å². The summed E-state index contributed by atoms with van der Waals surface area (Å²) in [5.41, 5.74) is 1.30. The standard InChI is InChI=1S/C21H32N2O3/c1-22(16-21(24)25)18-7-5-12-23(13-11-18)15-17-6-4-10-20(14-17)26-19-8-2-3-9-19/h4,6,10,14,18-19H,2-3,5,7-9,11-13,15-16H2,1H3,(H,24,25). The van der Waals surface area contributed by atoms with Crippen molar-refractivity contribution >= 4 is 5.97 Å². The van der Waals surface area contributed by atoms with Crippen LogP contribution in [0.4, 0.5) is 0 Å². The maximum atomic E-state index is 10.9. The van der Waals surface area contributed by atoms with Crippen LogP contribution in [0.1, 0.15) is 50.5 Å². The van der Waals surface area contributed by atoms with Gasteiger partial charge in [0.05, 0.1) is 12.6 Å². The molecule has 144 valence electrons. The van der Waals surface area contributed by atoms with Gasteiger partial charge in [0.25, 0.3) is 0 Å². The molecule has 3 rings (SSSR count). The van der Waals surface area contributed by atoms with Gasteiger partial charge in [-0.2, -0.15) is 0 Å². The Bertz CT molecular complexity index is 586. The molecule has 26 heavy (non-hydrogen) atoms. The Morgan fingerprint density at radius 3 is 2.77 bits per heavy atom. The molecule has 0 amide bonds. The lowest BCUT2D eigenvalue weighted by Crippen LogP contribution is -2.36. The molecule has 0 bridgehead atoms. The van der Waals surface area contributed by atoms with Crippen LogP contribution in [0.15, 0.2) is 24.3 Å². The summed E-state index contributed by atoms with van der Waals surface area (Å²) in [6, 6.07) is 8.91. The first kappa shape index (κ1) is 19.2. The number of hydrogen-bond donors (Lipinski definition) is 1. The van der Waals surface area contributed by atoms with Gasteiger partial charge >= 0.3 is 5.97 Å². The number of carboxylic acid groups (broad SMARTS) is 1. The molecule has 1 saturated heterocycles. The summed E-state index contributed by atoms with van der Waals surface area (Å²) < 4.78 is 6.13. The monoisotopic (exact) mass is 360 g/mol. The van der Waals surface area contributed by atoms with E-state index in [4.69, 9.17) is 9.84 Å². The normalized spacial score (nSPS) is 22.5. The maximum Gasteiger partial charge on any atom is 0.317 e. The molecule has 5 heteroatoms. The fourth-order valence-corrected chi connectivity index (χ4v) is 4.25. The van der Waals surface area contributed by atoms with Crippen LogP contribution in [0.25, 0.3) is 0 Å². The Morgan fingerprint density at radius 1 is 1.19 bits per heavy atom. The van der Waals surface area contributed by atoms with Gasteiger partial charge in [-0.3, -0.25) is 14.6 Å². The summed E-state index contributed by atoms with van der Waals surface area (Å²) in [5, 5.41) is 9.00. The van der Waals surface area contributed by atoms with Crippen molar-refractivity contribution in [3.05, 3.63) is 29.8 Å². The summed E-state index contributed by atoms with van der Waals surface area (Å²) in [6.07, 6.45) is 8.56. The first-order valence-corrected chi connectivity index (χ1v) is 10.00. The fourth-order valence-electron chi connectivity index (χ4n) is 4.25. The molecular formula is C21H32N2O3. The number of carbonyl (C=O) groups is 1. The third-order valence-electron chi connectivity index (χ3n) is 5.71. The average molecular weight is 360 g/mol. The molecule has 2 aliphatic rings. The topological polar surface area (TPSA) is 53.0 Å². The molecule has 1 aliphatic carbocycles. The van der Waals surface area contributed by atoms with Crippen molar-refractivity contribution in [3.8, 4) is 5.75 Å². The van der Waals surface area contributed by atoms with Crippen molar-refractivity contribution in [1.82, 2.24) is 9.80 Å². The Balaban J connectivity index is 1.51.